The van der Waals surface area contributed by atoms with Gasteiger partial charge in [0.05, 0.1) is 18.3 Å². The molecule has 5 nitrogen and oxygen atoms in total. The van der Waals surface area contributed by atoms with Crippen molar-refractivity contribution in [3.63, 3.8) is 0 Å². The number of nitroso groups, excluding NO2 is 1. The van der Waals surface area contributed by atoms with Crippen molar-refractivity contribution in [2.75, 3.05) is 6.67 Å². The molecule has 0 fully saturated rings. The van der Waals surface area contributed by atoms with Gasteiger partial charge in [-0.3, -0.25) is 14.7 Å². The predicted octanol–water partition coefficient (Wildman–Crippen LogP) is 1.33. The van der Waals surface area contributed by atoms with Crippen molar-refractivity contribution in [1.82, 2.24) is 4.90 Å². The fourth-order valence-corrected chi connectivity index (χ4v) is 1.49. The van der Waals surface area contributed by atoms with E-state index in [2.05, 4.69) is 23.3 Å². The molecule has 0 aromatic heterocycles. The van der Waals surface area contributed by atoms with Crippen LogP contribution in [-0.2, 0) is 4.79 Å². The van der Waals surface area contributed by atoms with Crippen LogP contribution in [0.2, 0.25) is 0 Å². The van der Waals surface area contributed by atoms with Crippen LogP contribution in [0.5, 0.6) is 0 Å². The van der Waals surface area contributed by atoms with Crippen molar-refractivity contribution in [3.05, 3.63) is 30.2 Å². The summed E-state index contributed by atoms with van der Waals surface area (Å²) in [6.45, 7) is 7.01. The number of nitrogens with zero attached hydrogens (tertiary/aromatic N) is 3. The Balaban J connectivity index is 2.86. The van der Waals surface area contributed by atoms with Crippen LogP contribution >= 0.6 is 0 Å². The third-order valence-electron chi connectivity index (χ3n) is 2.26. The van der Waals surface area contributed by atoms with Gasteiger partial charge in [0.1, 0.15) is 0 Å². The van der Waals surface area contributed by atoms with Gasteiger partial charge >= 0.3 is 0 Å². The lowest BCUT2D eigenvalue weighted by Crippen LogP contribution is -2.43. The van der Waals surface area contributed by atoms with Gasteiger partial charge in [0.25, 0.3) is 0 Å². The molecule has 2 atom stereocenters. The van der Waals surface area contributed by atoms with Gasteiger partial charge < -0.3 is 0 Å². The first kappa shape index (κ1) is 11.3. The topological polar surface area (TPSA) is 62.1 Å². The van der Waals surface area contributed by atoms with Crippen LogP contribution in [0.25, 0.3) is 0 Å². The van der Waals surface area contributed by atoms with Crippen molar-refractivity contribution in [3.8, 4) is 0 Å². The molecular weight excluding hydrogens is 194 g/mol. The van der Waals surface area contributed by atoms with Crippen LogP contribution in [0, 0.1) is 10.8 Å². The quantitative estimate of drug-likeness (QED) is 0.504. The summed E-state index contributed by atoms with van der Waals surface area (Å²) in [5, 5.41) is 2.67. The average Bonchev–Trinajstić information content (AvgIpc) is 2.25. The molecule has 1 heterocycles. The molecular formula is C10H13N3O2. The van der Waals surface area contributed by atoms with Gasteiger partial charge in [-0.25, -0.2) is 0 Å². The molecule has 0 aliphatic carbocycles. The van der Waals surface area contributed by atoms with Crippen molar-refractivity contribution in [2.24, 2.45) is 16.1 Å². The highest BCUT2D eigenvalue weighted by Gasteiger charge is 2.31. The molecule has 15 heavy (non-hydrogen) atoms. The molecule has 80 valence electrons. The predicted molar refractivity (Wildman–Crippen MR) is 58.3 cm³/mol. The van der Waals surface area contributed by atoms with E-state index in [1.165, 1.54) is 11.2 Å². The number of hydrogen-bond donors (Lipinski definition) is 0. The molecule has 5 heteroatoms. The number of rotatable bonds is 5. The Hall–Kier alpha value is -1.78. The normalized spacial score (nSPS) is 25.1. The zero-order valence-corrected chi connectivity index (χ0v) is 8.37. The monoisotopic (exact) mass is 207 g/mol. The summed E-state index contributed by atoms with van der Waals surface area (Å²) in [5.74, 6) is -0.471. The smallest absolute Gasteiger partial charge is 0.235 e. The molecule has 0 radical (unpaired) electrons. The van der Waals surface area contributed by atoms with Crippen LogP contribution in [0.1, 0.15) is 6.42 Å². The van der Waals surface area contributed by atoms with Gasteiger partial charge in [-0.2, -0.15) is 0 Å². The van der Waals surface area contributed by atoms with Gasteiger partial charge in [-0.15, -0.1) is 18.1 Å². The standard InChI is InChI=1S/C10H13N3O2/c1-3-5-8-9(4-2)11-6-13(7-12-15)10(8)14/h3-4,6,8-9H,1-2,5,7H2. The Labute approximate surface area is 88.2 Å². The summed E-state index contributed by atoms with van der Waals surface area (Å²) in [6.07, 6.45) is 5.14. The number of carbonyl (C=O) groups is 1. The Morgan fingerprint density at radius 3 is 2.87 bits per heavy atom. The SMILES string of the molecule is C=CCC1C(=O)N(CN=O)C=NC1C=C. The maximum absolute atomic E-state index is 11.8. The highest BCUT2D eigenvalue weighted by Crippen LogP contribution is 2.20. The van der Waals surface area contributed by atoms with Crippen molar-refractivity contribution in [1.29, 1.82) is 0 Å². The van der Waals surface area contributed by atoms with E-state index in [9.17, 15) is 9.70 Å². The van der Waals surface area contributed by atoms with E-state index in [4.69, 9.17) is 0 Å². The van der Waals surface area contributed by atoms with Gasteiger partial charge in [-0.1, -0.05) is 12.2 Å². The van der Waals surface area contributed by atoms with Crippen LogP contribution in [0.4, 0.5) is 0 Å². The second kappa shape index (κ2) is 5.19. The van der Waals surface area contributed by atoms with Crippen LogP contribution in [0.3, 0.4) is 0 Å². The number of aliphatic imine (C=N–C) groups is 1. The van der Waals surface area contributed by atoms with E-state index in [-0.39, 0.29) is 24.5 Å². The molecule has 1 amide bonds. The first-order valence-electron chi connectivity index (χ1n) is 4.61. The largest absolute Gasteiger partial charge is 0.279 e. The van der Waals surface area contributed by atoms with Crippen molar-refractivity contribution >= 4 is 12.2 Å². The molecule has 1 aliphatic rings. The first-order valence-corrected chi connectivity index (χ1v) is 4.61. The Morgan fingerprint density at radius 2 is 2.33 bits per heavy atom. The fraction of sp³-hybridized carbons (Fsp3) is 0.400. The third kappa shape index (κ3) is 2.37. The highest BCUT2D eigenvalue weighted by atomic mass is 16.3. The Kier molecular flexibility index (Phi) is 3.91. The molecule has 0 saturated carbocycles. The highest BCUT2D eigenvalue weighted by molar-refractivity contribution is 5.92. The maximum atomic E-state index is 11.8. The summed E-state index contributed by atoms with van der Waals surface area (Å²) >= 11 is 0. The van der Waals surface area contributed by atoms with Crippen LogP contribution in [-0.4, -0.2) is 29.9 Å². The Bertz CT molecular complexity index is 312. The van der Waals surface area contributed by atoms with Gasteiger partial charge in [0.2, 0.25) is 5.91 Å². The molecule has 0 bridgehead atoms. The van der Waals surface area contributed by atoms with Crippen LogP contribution in [0.15, 0.2) is 35.5 Å². The zero-order chi connectivity index (χ0) is 11.3. The van der Waals surface area contributed by atoms with E-state index in [0.717, 1.165) is 0 Å². The maximum Gasteiger partial charge on any atom is 0.235 e. The van der Waals surface area contributed by atoms with Gasteiger partial charge in [-0.05, 0) is 11.6 Å². The van der Waals surface area contributed by atoms with Gasteiger partial charge in [0.15, 0.2) is 6.67 Å². The summed E-state index contributed by atoms with van der Waals surface area (Å²) in [7, 11) is 0. The lowest BCUT2D eigenvalue weighted by Gasteiger charge is -2.28. The van der Waals surface area contributed by atoms with E-state index < -0.39 is 0 Å². The molecule has 0 spiro atoms. The molecule has 0 saturated heterocycles. The lowest BCUT2D eigenvalue weighted by molar-refractivity contribution is -0.132. The minimum atomic E-state index is -0.313. The van der Waals surface area contributed by atoms with Crippen molar-refractivity contribution in [2.45, 2.75) is 12.5 Å². The number of amides is 1. The summed E-state index contributed by atoms with van der Waals surface area (Å²) in [5.41, 5.74) is 0. The molecule has 0 N–H and O–H groups in total. The Morgan fingerprint density at radius 1 is 1.60 bits per heavy atom. The molecule has 1 rings (SSSR count). The van der Waals surface area contributed by atoms with E-state index in [1.54, 1.807) is 12.2 Å². The van der Waals surface area contributed by atoms with Crippen molar-refractivity contribution < 1.29 is 4.79 Å². The van der Waals surface area contributed by atoms with Crippen LogP contribution < -0.4 is 0 Å². The van der Waals surface area contributed by atoms with E-state index in [1.807, 2.05) is 0 Å². The minimum Gasteiger partial charge on any atom is -0.279 e. The number of carbonyl (C=O) groups excluding carboxylic acids is 1. The number of hydrogen-bond acceptors (Lipinski definition) is 4. The summed E-state index contributed by atoms with van der Waals surface area (Å²) in [4.78, 5) is 27.2. The molecule has 0 aromatic carbocycles. The first-order chi connectivity index (χ1) is 7.24. The fourth-order valence-electron chi connectivity index (χ4n) is 1.49. The summed E-state index contributed by atoms with van der Waals surface area (Å²) in [6, 6.07) is -0.238. The second-order valence-corrected chi connectivity index (χ2v) is 3.20. The molecule has 1 aliphatic heterocycles. The minimum absolute atomic E-state index is 0.158. The molecule has 0 aromatic rings. The summed E-state index contributed by atoms with van der Waals surface area (Å²) < 4.78 is 0. The number of allylic oxidation sites excluding steroid dienone is 1. The van der Waals surface area contributed by atoms with Gasteiger partial charge in [0, 0.05) is 0 Å². The average molecular weight is 207 g/mol. The van der Waals surface area contributed by atoms with E-state index in [0.29, 0.717) is 6.42 Å². The second-order valence-electron chi connectivity index (χ2n) is 3.20. The lowest BCUT2D eigenvalue weighted by atomic mass is 9.94. The third-order valence-corrected chi connectivity index (χ3v) is 2.26. The molecule has 2 unspecified atom stereocenters. The zero-order valence-electron chi connectivity index (χ0n) is 8.37. The van der Waals surface area contributed by atoms with E-state index >= 15 is 0 Å².